The zero-order chi connectivity index (χ0) is 12.5. The van der Waals surface area contributed by atoms with E-state index in [4.69, 9.17) is 4.74 Å². The minimum absolute atomic E-state index is 0.0263. The minimum Gasteiger partial charge on any atom is -0.375 e. The molecule has 98 valence electrons. The molecule has 17 heavy (non-hydrogen) atoms. The van der Waals surface area contributed by atoms with Crippen LogP contribution < -0.4 is 5.32 Å². The normalized spacial score (nSPS) is 33.5. The summed E-state index contributed by atoms with van der Waals surface area (Å²) in [5.74, 6) is 0.254. The predicted octanol–water partition coefficient (Wildman–Crippen LogP) is 1.01. The average Bonchev–Trinajstić information content (AvgIpc) is 2.27. The Morgan fingerprint density at radius 2 is 2.24 bits per heavy atom. The molecule has 0 aromatic carbocycles. The van der Waals surface area contributed by atoms with Gasteiger partial charge in [-0.15, -0.1) is 0 Å². The number of rotatable bonds is 1. The Labute approximate surface area is 104 Å². The van der Waals surface area contributed by atoms with Gasteiger partial charge in [-0.2, -0.15) is 0 Å². The third kappa shape index (κ3) is 2.80. The number of hydrogen-bond acceptors (Lipinski definition) is 3. The summed E-state index contributed by atoms with van der Waals surface area (Å²) in [5, 5.41) is 3.39. The van der Waals surface area contributed by atoms with Gasteiger partial charge < -0.3 is 15.0 Å². The molecule has 4 nitrogen and oxygen atoms in total. The van der Waals surface area contributed by atoms with Gasteiger partial charge in [0.25, 0.3) is 0 Å². The van der Waals surface area contributed by atoms with Crippen LogP contribution in [0.15, 0.2) is 0 Å². The minimum atomic E-state index is -0.0263. The van der Waals surface area contributed by atoms with Gasteiger partial charge in [-0.1, -0.05) is 13.8 Å². The van der Waals surface area contributed by atoms with Gasteiger partial charge in [0.05, 0.1) is 18.8 Å². The van der Waals surface area contributed by atoms with Crippen LogP contribution in [-0.4, -0.2) is 49.2 Å². The van der Waals surface area contributed by atoms with Crippen LogP contribution in [-0.2, 0) is 9.53 Å². The maximum atomic E-state index is 12.5. The average molecular weight is 240 g/mol. The van der Waals surface area contributed by atoms with E-state index in [1.54, 1.807) is 0 Å². The van der Waals surface area contributed by atoms with Crippen molar-refractivity contribution in [1.82, 2.24) is 10.2 Å². The molecule has 0 aromatic heterocycles. The van der Waals surface area contributed by atoms with Crippen molar-refractivity contribution in [2.45, 2.75) is 45.8 Å². The molecule has 2 fully saturated rings. The van der Waals surface area contributed by atoms with Crippen LogP contribution in [0, 0.1) is 5.41 Å². The molecule has 2 heterocycles. The lowest BCUT2D eigenvalue weighted by Gasteiger charge is -2.42. The van der Waals surface area contributed by atoms with E-state index < -0.39 is 0 Å². The van der Waals surface area contributed by atoms with Crippen molar-refractivity contribution in [1.29, 1.82) is 0 Å². The molecule has 2 aliphatic heterocycles. The number of carbonyl (C=O) groups is 1. The number of nitrogens with zero attached hydrogens (tertiary/aromatic N) is 1. The van der Waals surface area contributed by atoms with E-state index in [1.807, 2.05) is 11.8 Å². The lowest BCUT2D eigenvalue weighted by Crippen LogP contribution is -2.59. The van der Waals surface area contributed by atoms with Crippen molar-refractivity contribution in [2.24, 2.45) is 5.41 Å². The van der Waals surface area contributed by atoms with Crippen molar-refractivity contribution in [2.75, 3.05) is 26.2 Å². The Bertz CT molecular complexity index is 291. The van der Waals surface area contributed by atoms with Crippen LogP contribution in [0.3, 0.4) is 0 Å². The van der Waals surface area contributed by atoms with Crippen molar-refractivity contribution >= 4 is 5.91 Å². The Kier molecular flexibility index (Phi) is 3.73. The fourth-order valence-electron chi connectivity index (χ4n) is 2.83. The van der Waals surface area contributed by atoms with E-state index in [0.29, 0.717) is 6.61 Å². The van der Waals surface area contributed by atoms with E-state index in [9.17, 15) is 4.79 Å². The first-order valence-electron chi connectivity index (χ1n) is 6.64. The van der Waals surface area contributed by atoms with Gasteiger partial charge in [-0.25, -0.2) is 0 Å². The maximum Gasteiger partial charge on any atom is 0.240 e. The summed E-state index contributed by atoms with van der Waals surface area (Å²) in [6.45, 7) is 9.49. The highest BCUT2D eigenvalue weighted by atomic mass is 16.5. The maximum absolute atomic E-state index is 12.5. The summed E-state index contributed by atoms with van der Waals surface area (Å²) in [6.07, 6.45) is 2.45. The Morgan fingerprint density at radius 1 is 1.47 bits per heavy atom. The molecule has 2 rings (SSSR count). The number of nitrogens with one attached hydrogen (secondary N) is 1. The molecule has 1 N–H and O–H groups in total. The van der Waals surface area contributed by atoms with E-state index in [1.165, 1.54) is 0 Å². The number of amides is 1. The van der Waals surface area contributed by atoms with Gasteiger partial charge in [0.1, 0.15) is 0 Å². The second-order valence-corrected chi connectivity index (χ2v) is 5.94. The van der Waals surface area contributed by atoms with E-state index in [-0.39, 0.29) is 23.5 Å². The molecule has 0 spiro atoms. The second kappa shape index (κ2) is 4.94. The van der Waals surface area contributed by atoms with Gasteiger partial charge in [0.15, 0.2) is 0 Å². The van der Waals surface area contributed by atoms with Crippen LogP contribution in [0.2, 0.25) is 0 Å². The summed E-state index contributed by atoms with van der Waals surface area (Å²) >= 11 is 0. The summed E-state index contributed by atoms with van der Waals surface area (Å²) in [5.41, 5.74) is 0.0663. The second-order valence-electron chi connectivity index (χ2n) is 5.94. The van der Waals surface area contributed by atoms with Gasteiger partial charge in [-0.05, 0) is 31.7 Å². The summed E-state index contributed by atoms with van der Waals surface area (Å²) < 4.78 is 5.48. The van der Waals surface area contributed by atoms with Crippen LogP contribution in [0.1, 0.15) is 33.6 Å². The number of piperidine rings is 1. The highest BCUT2D eigenvalue weighted by Gasteiger charge is 2.39. The molecule has 2 atom stereocenters. The molecular formula is C13H24N2O2. The molecule has 0 aliphatic carbocycles. The van der Waals surface area contributed by atoms with Gasteiger partial charge >= 0.3 is 0 Å². The van der Waals surface area contributed by atoms with Crippen LogP contribution >= 0.6 is 0 Å². The first-order valence-corrected chi connectivity index (χ1v) is 6.64. The largest absolute Gasteiger partial charge is 0.375 e. The summed E-state index contributed by atoms with van der Waals surface area (Å²) in [7, 11) is 0. The smallest absolute Gasteiger partial charge is 0.240 e. The van der Waals surface area contributed by atoms with Gasteiger partial charge in [0.2, 0.25) is 5.91 Å². The number of hydrogen-bond donors (Lipinski definition) is 1. The van der Waals surface area contributed by atoms with Crippen molar-refractivity contribution < 1.29 is 9.53 Å². The molecule has 0 aromatic rings. The third-order valence-electron chi connectivity index (χ3n) is 3.93. The fraction of sp³-hybridized carbons (Fsp3) is 0.923. The molecule has 0 bridgehead atoms. The summed E-state index contributed by atoms with van der Waals surface area (Å²) in [4.78, 5) is 14.5. The van der Waals surface area contributed by atoms with Crippen LogP contribution in [0.25, 0.3) is 0 Å². The van der Waals surface area contributed by atoms with Crippen molar-refractivity contribution in [3.05, 3.63) is 0 Å². The quantitative estimate of drug-likeness (QED) is 0.744. The van der Waals surface area contributed by atoms with E-state index in [2.05, 4.69) is 19.2 Å². The molecule has 2 unspecified atom stereocenters. The van der Waals surface area contributed by atoms with Gasteiger partial charge in [0, 0.05) is 13.1 Å². The first kappa shape index (κ1) is 12.8. The zero-order valence-corrected chi connectivity index (χ0v) is 11.2. The van der Waals surface area contributed by atoms with Crippen LogP contribution in [0.5, 0.6) is 0 Å². The van der Waals surface area contributed by atoms with Crippen LogP contribution in [0.4, 0.5) is 0 Å². The molecule has 1 amide bonds. The molecule has 2 aliphatic rings. The highest BCUT2D eigenvalue weighted by molar-refractivity contribution is 5.83. The molecule has 0 radical (unpaired) electrons. The zero-order valence-electron chi connectivity index (χ0n) is 11.2. The standard InChI is InChI=1S/C13H24N2O2/c1-10-9-15(7-8-17-10)12(16)11-13(2,3)5-4-6-14-11/h10-11,14H,4-9H2,1-3H3. The SMILES string of the molecule is CC1CN(C(=O)C2NCCCC2(C)C)CCO1. The predicted molar refractivity (Wildman–Crippen MR) is 66.8 cm³/mol. The van der Waals surface area contributed by atoms with E-state index >= 15 is 0 Å². The molecule has 0 saturated carbocycles. The monoisotopic (exact) mass is 240 g/mol. The fourth-order valence-corrected chi connectivity index (χ4v) is 2.83. The Hall–Kier alpha value is -0.610. The molecular weight excluding hydrogens is 216 g/mol. The van der Waals surface area contributed by atoms with E-state index in [0.717, 1.165) is 32.5 Å². The molecule has 2 saturated heterocycles. The number of ether oxygens (including phenoxy) is 1. The molecule has 4 heteroatoms. The topological polar surface area (TPSA) is 41.6 Å². The van der Waals surface area contributed by atoms with Crippen molar-refractivity contribution in [3.8, 4) is 0 Å². The number of morpholine rings is 1. The summed E-state index contributed by atoms with van der Waals surface area (Å²) in [6, 6.07) is -0.0263. The number of carbonyl (C=O) groups excluding carboxylic acids is 1. The highest BCUT2D eigenvalue weighted by Crippen LogP contribution is 2.31. The lowest BCUT2D eigenvalue weighted by molar-refractivity contribution is -0.144. The Morgan fingerprint density at radius 3 is 2.88 bits per heavy atom. The van der Waals surface area contributed by atoms with Gasteiger partial charge in [-0.3, -0.25) is 4.79 Å². The third-order valence-corrected chi connectivity index (χ3v) is 3.93. The van der Waals surface area contributed by atoms with Crippen molar-refractivity contribution in [3.63, 3.8) is 0 Å². The lowest BCUT2D eigenvalue weighted by atomic mass is 9.77. The Balaban J connectivity index is 2.02. The first-order chi connectivity index (χ1) is 8.00.